The van der Waals surface area contributed by atoms with Crippen molar-refractivity contribution in [3.05, 3.63) is 0 Å². The van der Waals surface area contributed by atoms with E-state index in [1.54, 1.807) is 0 Å². The zero-order chi connectivity index (χ0) is 87.6. The van der Waals surface area contributed by atoms with E-state index in [1.807, 2.05) is 18.9 Å². The lowest BCUT2D eigenvalue weighted by Gasteiger charge is -2.51. The Hall–Kier alpha value is -4.37. The van der Waals surface area contributed by atoms with Crippen molar-refractivity contribution in [1.82, 2.24) is 21.3 Å². The third kappa shape index (κ3) is 31.4. The van der Waals surface area contributed by atoms with Gasteiger partial charge in [-0.2, -0.15) is 105 Å². The number of ether oxygens (including phenoxy) is 8. The van der Waals surface area contributed by atoms with E-state index >= 15 is 105 Å². The largest absolute Gasteiger partial charge is 0.500 e. The number of alkyl carbamates (subject to hydrolysis) is 4. The van der Waals surface area contributed by atoms with E-state index < -0.39 is 216 Å². The fraction of sp³-hybridized carbons (Fsp3) is 0.930. The van der Waals surface area contributed by atoms with Crippen LogP contribution in [0.2, 0.25) is 24.2 Å². The quantitative estimate of drug-likeness (QED) is 0.0190. The minimum absolute atomic E-state index is 0.0896. The number of carbonyl (C=O) groups excluding carboxylic acids is 4. The molecule has 28 nitrogen and oxygen atoms in total. The van der Waals surface area contributed by atoms with Gasteiger partial charge in [0.15, 0.2) is 26.4 Å². The molecule has 0 aromatic rings. The van der Waals surface area contributed by atoms with Gasteiger partial charge in [-0.25, -0.2) is 38.1 Å². The zero-order valence-electron chi connectivity index (χ0n) is 63.2. The molecule has 0 bridgehead atoms. The smallest absolute Gasteiger partial charge is 0.443 e. The molecule has 0 rings (SSSR count). The number of carbonyl (C=O) groups is 4. The molecule has 672 valence electrons. The Morgan fingerprint density at radius 2 is 0.363 bits per heavy atom. The molecule has 56 heteroatoms. The van der Waals surface area contributed by atoms with Gasteiger partial charge in [-0.1, -0.05) is 0 Å². The molecule has 0 unspecified atom stereocenters. The Balaban J connectivity index is 8.74. The summed E-state index contributed by atoms with van der Waals surface area (Å²) >= 11 is 0. The molecule has 0 spiro atoms. The van der Waals surface area contributed by atoms with E-state index in [9.17, 15) is 19.2 Å². The van der Waals surface area contributed by atoms with Gasteiger partial charge in [0.2, 0.25) is 0 Å². The molecule has 0 saturated carbocycles. The SMILES string of the molecule is CCO[Si](CCCNC(=O)OCC(F)(F)C(F)(F)OC(F)(F)C(C(F)(F)OC(F)(F)C(F)(F)COC(=O)NCCC[Si](OCC)(OCC)OCC)(C(F)(F)OC(F)(F)C(F)(F)COC(=O)NCCC[Si](OCC)(OCC)OCC)C(F)(F)OC(F)(F)C(F)(F)COC(=O)NCCC[Si](OCC)(OCC)OCC)(OCC)OCC. The minimum Gasteiger partial charge on any atom is -0.443 e. The second kappa shape index (κ2) is 46.8. The Bertz CT molecular complexity index is 2360. The predicted octanol–water partition coefficient (Wildman–Crippen LogP) is 14.0. The number of hydrogen-bond acceptors (Lipinski definition) is 24. The summed E-state index contributed by atoms with van der Waals surface area (Å²) < 4.78 is 476. The summed E-state index contributed by atoms with van der Waals surface area (Å²) in [4.78, 5) is 49.8. The van der Waals surface area contributed by atoms with Crippen molar-refractivity contribution in [2.75, 3.05) is 132 Å². The van der Waals surface area contributed by atoms with Gasteiger partial charge in [-0.15, -0.1) is 0 Å². The second-order valence-corrected chi connectivity index (χ2v) is 33.4. The van der Waals surface area contributed by atoms with Gasteiger partial charge in [0, 0.05) is 130 Å². The van der Waals surface area contributed by atoms with Crippen LogP contribution < -0.4 is 21.3 Å². The van der Waals surface area contributed by atoms with Gasteiger partial charge >= 0.3 is 138 Å². The molecule has 0 saturated heterocycles. The average molecular weight is 1790 g/mol. The molecule has 0 heterocycles. The fourth-order valence-corrected chi connectivity index (χ4v) is 19.9. The van der Waals surface area contributed by atoms with Crippen LogP contribution in [0.3, 0.4) is 0 Å². The lowest BCUT2D eigenvalue weighted by atomic mass is 9.80. The summed E-state index contributed by atoms with van der Waals surface area (Å²) in [5.41, 5.74) is -10.2. The first-order chi connectivity index (χ1) is 52.0. The third-order valence-corrected chi connectivity index (χ3v) is 26.7. The molecule has 0 radical (unpaired) electrons. The third-order valence-electron chi connectivity index (χ3n) is 14.1. The van der Waals surface area contributed by atoms with Crippen LogP contribution in [0.1, 0.15) is 109 Å². The maximum absolute atomic E-state index is 17.1. The van der Waals surface area contributed by atoms with Gasteiger partial charge in [0.1, 0.15) is 0 Å². The van der Waals surface area contributed by atoms with Crippen LogP contribution in [0.25, 0.3) is 0 Å². The number of amides is 4. The molecular weight excluding hydrogens is 1690 g/mol. The van der Waals surface area contributed by atoms with Crippen molar-refractivity contribution < 1.29 is 216 Å². The van der Waals surface area contributed by atoms with Crippen LogP contribution in [-0.2, 0) is 91.0 Å². The molecule has 4 amide bonds. The summed E-state index contributed by atoms with van der Waals surface area (Å²) in [6.45, 7) is -2.01. The molecule has 0 atom stereocenters. The first kappa shape index (κ1) is 109. The summed E-state index contributed by atoms with van der Waals surface area (Å²) in [7, 11) is -14.7. The first-order valence-corrected chi connectivity index (χ1v) is 42.3. The molecule has 0 aromatic carbocycles. The minimum atomic E-state index is -10.2. The van der Waals surface area contributed by atoms with Crippen molar-refractivity contribution in [2.45, 2.75) is 206 Å². The van der Waals surface area contributed by atoms with Gasteiger partial charge in [-0.05, 0) is 109 Å². The summed E-state index contributed by atoms with van der Waals surface area (Å²) in [6.07, 6.45) is -83.3. The monoisotopic (exact) mass is 1790 g/mol. The number of halogens is 24. The molecule has 113 heavy (non-hydrogen) atoms. The maximum atomic E-state index is 17.1. The topological polar surface area (TPSA) is 301 Å². The van der Waals surface area contributed by atoms with Gasteiger partial charge in [-0.3, -0.25) is 0 Å². The normalized spacial score (nSPS) is 14.1. The Labute approximate surface area is 637 Å². The summed E-state index contributed by atoms with van der Waals surface area (Å²) in [6, 6.07) is -1.19. The Morgan fingerprint density at radius 3 is 0.487 bits per heavy atom. The van der Waals surface area contributed by atoms with Crippen molar-refractivity contribution in [3.8, 4) is 0 Å². The van der Waals surface area contributed by atoms with E-state index in [1.165, 1.54) is 104 Å². The van der Waals surface area contributed by atoms with Gasteiger partial charge in [0.05, 0.1) is 0 Å². The molecular formula is C57H96F24N4O24Si4. The average Bonchev–Trinajstić information content (AvgIpc) is 0.673. The zero-order valence-corrected chi connectivity index (χ0v) is 67.2. The van der Waals surface area contributed by atoms with Crippen LogP contribution in [0.5, 0.6) is 0 Å². The Morgan fingerprint density at radius 1 is 0.230 bits per heavy atom. The van der Waals surface area contributed by atoms with Crippen molar-refractivity contribution >= 4 is 59.6 Å². The molecule has 4 N–H and O–H groups in total. The highest BCUT2D eigenvalue weighted by Crippen LogP contribution is 2.70. The summed E-state index contributed by atoms with van der Waals surface area (Å²) in [5, 5.41) is 6.09. The van der Waals surface area contributed by atoms with Gasteiger partial charge in [0.25, 0.3) is 0 Å². The van der Waals surface area contributed by atoms with Crippen LogP contribution in [-0.4, -0.2) is 264 Å². The number of rotatable bonds is 64. The first-order valence-electron chi connectivity index (χ1n) is 34.6. The van der Waals surface area contributed by atoms with Crippen molar-refractivity contribution in [3.63, 3.8) is 0 Å². The fourth-order valence-electron chi connectivity index (χ4n) is 9.42. The molecule has 0 aliphatic rings. The molecule has 0 aliphatic heterocycles. The second-order valence-electron chi connectivity index (χ2n) is 22.5. The van der Waals surface area contributed by atoms with E-state index in [2.05, 4.69) is 18.9 Å². The maximum Gasteiger partial charge on any atom is 0.500 e. The van der Waals surface area contributed by atoms with E-state index in [4.69, 9.17) is 53.1 Å². The highest BCUT2D eigenvalue weighted by Gasteiger charge is 2.98. The van der Waals surface area contributed by atoms with Crippen LogP contribution >= 0.6 is 0 Å². The molecule has 0 aromatic heterocycles. The van der Waals surface area contributed by atoms with Crippen LogP contribution in [0, 0.1) is 5.41 Å². The van der Waals surface area contributed by atoms with Gasteiger partial charge < -0.3 is 93.3 Å². The van der Waals surface area contributed by atoms with E-state index in [-0.39, 0.29) is 103 Å². The Kier molecular flexibility index (Phi) is 45.0. The lowest BCUT2D eigenvalue weighted by Crippen LogP contribution is -2.78. The summed E-state index contributed by atoms with van der Waals surface area (Å²) in [5.74, 6) is -29.1. The number of hydrogen-bond donors (Lipinski definition) is 4. The van der Waals surface area contributed by atoms with E-state index in [0.717, 1.165) is 0 Å². The number of nitrogens with one attached hydrogen (secondary N) is 4. The van der Waals surface area contributed by atoms with Crippen LogP contribution in [0.4, 0.5) is 125 Å². The number of alkyl halides is 24. The lowest BCUT2D eigenvalue weighted by molar-refractivity contribution is -0.624. The predicted molar refractivity (Wildman–Crippen MR) is 344 cm³/mol. The molecule has 0 fully saturated rings. The van der Waals surface area contributed by atoms with Crippen LogP contribution in [0.15, 0.2) is 0 Å². The van der Waals surface area contributed by atoms with E-state index in [0.29, 0.717) is 0 Å². The standard InChI is InChI=1S/C57H96F24N4O24Si4/c1-13-94-110(95-14-2,96-15-3)33-25-29-82-41(86)90-37-45(58,59)50(66,67)106-54(74,75)49(55(76,77)107-51(68,69)46(60,61)38-91-42(87)83-30-26-34-111(97-16-4,98-17-5)99-18-6,56(78,79)108-52(70,71)47(62,63)39-92-43(88)84-31-27-35-112(100-19-7,101-20-8)102-21-9)57(80,81)109-53(72,73)48(64,65)40-93-44(89)85-32-28-36-113(103-22-10,104-23-11)105-24-12/h13-40H2,1-12H3,(H,82,86)(H,83,87)(H,84,88)(H,85,89). The highest BCUT2D eigenvalue weighted by molar-refractivity contribution is 6.61. The van der Waals surface area contributed by atoms with Crippen molar-refractivity contribution in [1.29, 1.82) is 0 Å². The molecule has 0 aliphatic carbocycles. The van der Waals surface area contributed by atoms with Crippen molar-refractivity contribution in [2.24, 2.45) is 5.41 Å². The highest BCUT2D eigenvalue weighted by atomic mass is 28.4.